The van der Waals surface area contributed by atoms with Crippen molar-refractivity contribution in [2.45, 2.75) is 32.1 Å². The molecule has 5 nitrogen and oxygen atoms in total. The highest BCUT2D eigenvalue weighted by Gasteiger charge is 2.43. The zero-order chi connectivity index (χ0) is 13.4. The Kier molecular flexibility index (Phi) is 3.26. The molecule has 2 bridgehead atoms. The van der Waals surface area contributed by atoms with Crippen LogP contribution in [0.5, 0.6) is 0 Å². The van der Waals surface area contributed by atoms with Gasteiger partial charge in [-0.2, -0.15) is 0 Å². The van der Waals surface area contributed by atoms with E-state index in [1.54, 1.807) is 5.38 Å². The molecule has 0 radical (unpaired) electrons. The number of nitrogens with one attached hydrogen (secondary N) is 1. The predicted molar refractivity (Wildman–Crippen MR) is 72.6 cm³/mol. The fourth-order valence-electron chi connectivity index (χ4n) is 3.39. The molecule has 2 aliphatic rings. The van der Waals surface area contributed by atoms with Gasteiger partial charge in [0.25, 0.3) is 0 Å². The molecule has 1 heterocycles. The van der Waals surface area contributed by atoms with E-state index in [-0.39, 0.29) is 18.2 Å². The van der Waals surface area contributed by atoms with Crippen LogP contribution in [0.3, 0.4) is 0 Å². The number of carbonyl (C=O) groups excluding carboxylic acids is 2. The van der Waals surface area contributed by atoms with Gasteiger partial charge in [0.05, 0.1) is 12.1 Å². The molecule has 3 rings (SSSR count). The van der Waals surface area contributed by atoms with E-state index in [1.807, 2.05) is 0 Å². The van der Waals surface area contributed by atoms with E-state index in [0.717, 1.165) is 12.3 Å². The maximum Gasteiger partial charge on any atom is 0.229 e. The van der Waals surface area contributed by atoms with E-state index in [0.29, 0.717) is 16.7 Å². The lowest BCUT2D eigenvalue weighted by molar-refractivity contribution is -0.121. The second kappa shape index (κ2) is 4.92. The summed E-state index contributed by atoms with van der Waals surface area (Å²) in [5, 5.41) is 5.22. The summed E-state index contributed by atoms with van der Waals surface area (Å²) in [5.74, 6) is 1.16. The number of nitrogens with two attached hydrogens (primary N) is 1. The van der Waals surface area contributed by atoms with Gasteiger partial charge >= 0.3 is 0 Å². The van der Waals surface area contributed by atoms with Crippen molar-refractivity contribution < 1.29 is 9.59 Å². The minimum Gasteiger partial charge on any atom is -0.369 e. The number of aromatic nitrogens is 1. The molecule has 3 N–H and O–H groups in total. The highest BCUT2D eigenvalue weighted by atomic mass is 32.1. The Balaban J connectivity index is 1.60. The van der Waals surface area contributed by atoms with Gasteiger partial charge in [-0.25, -0.2) is 4.98 Å². The van der Waals surface area contributed by atoms with Crippen molar-refractivity contribution in [3.8, 4) is 0 Å². The van der Waals surface area contributed by atoms with E-state index in [1.165, 1.54) is 30.6 Å². The standard InChI is InChI=1S/C13H17N3O2S/c14-11(17)5-9-6-19-13(15-9)16-12(18)10-4-7-1-2-8(10)3-7/h6-8,10H,1-5H2,(H2,14,17)(H,15,16,18). The monoisotopic (exact) mass is 279 g/mol. The average molecular weight is 279 g/mol. The first kappa shape index (κ1) is 12.6. The van der Waals surface area contributed by atoms with E-state index in [2.05, 4.69) is 10.3 Å². The Morgan fingerprint density at radius 2 is 2.26 bits per heavy atom. The van der Waals surface area contributed by atoms with Gasteiger partial charge in [0.15, 0.2) is 5.13 Å². The molecular formula is C13H17N3O2S. The lowest BCUT2D eigenvalue weighted by Crippen LogP contribution is -2.27. The largest absolute Gasteiger partial charge is 0.369 e. The Morgan fingerprint density at radius 3 is 2.89 bits per heavy atom. The zero-order valence-electron chi connectivity index (χ0n) is 10.6. The fourth-order valence-corrected chi connectivity index (χ4v) is 4.10. The summed E-state index contributed by atoms with van der Waals surface area (Å²) in [6.45, 7) is 0. The fraction of sp³-hybridized carbons (Fsp3) is 0.615. The quantitative estimate of drug-likeness (QED) is 0.876. The van der Waals surface area contributed by atoms with Crippen molar-refractivity contribution in [1.29, 1.82) is 0 Å². The van der Waals surface area contributed by atoms with E-state index >= 15 is 0 Å². The summed E-state index contributed by atoms with van der Waals surface area (Å²) in [4.78, 5) is 27.2. The number of primary amides is 1. The highest BCUT2D eigenvalue weighted by molar-refractivity contribution is 7.13. The summed E-state index contributed by atoms with van der Waals surface area (Å²) >= 11 is 1.35. The van der Waals surface area contributed by atoms with Crippen molar-refractivity contribution in [2.75, 3.05) is 5.32 Å². The van der Waals surface area contributed by atoms with Gasteiger partial charge in [0, 0.05) is 11.3 Å². The number of thiazole rings is 1. The number of anilines is 1. The van der Waals surface area contributed by atoms with Crippen LogP contribution in [0.2, 0.25) is 0 Å². The van der Waals surface area contributed by atoms with Crippen LogP contribution in [0, 0.1) is 17.8 Å². The minimum absolute atomic E-state index is 0.0900. The molecule has 6 heteroatoms. The summed E-state index contributed by atoms with van der Waals surface area (Å²) in [6.07, 6.45) is 4.83. The van der Waals surface area contributed by atoms with Gasteiger partial charge in [-0.15, -0.1) is 11.3 Å². The van der Waals surface area contributed by atoms with Gasteiger partial charge in [-0.05, 0) is 31.1 Å². The molecule has 3 unspecified atom stereocenters. The molecule has 1 aromatic heterocycles. The van der Waals surface area contributed by atoms with Crippen molar-refractivity contribution in [1.82, 2.24) is 4.98 Å². The predicted octanol–water partition coefficient (Wildman–Crippen LogP) is 1.55. The Morgan fingerprint density at radius 1 is 1.42 bits per heavy atom. The maximum absolute atomic E-state index is 12.2. The number of amides is 2. The van der Waals surface area contributed by atoms with Crippen LogP contribution in [0.1, 0.15) is 31.4 Å². The second-order valence-corrected chi connectivity index (χ2v) is 6.42. The molecule has 2 amide bonds. The van der Waals surface area contributed by atoms with Gasteiger partial charge in [-0.1, -0.05) is 6.42 Å². The molecule has 2 fully saturated rings. The highest BCUT2D eigenvalue weighted by Crippen LogP contribution is 2.48. The smallest absolute Gasteiger partial charge is 0.229 e. The van der Waals surface area contributed by atoms with Crippen molar-refractivity contribution in [3.63, 3.8) is 0 Å². The Labute approximate surface area is 115 Å². The van der Waals surface area contributed by atoms with Crippen molar-refractivity contribution >= 4 is 28.3 Å². The third-order valence-corrected chi connectivity index (χ3v) is 5.02. The average Bonchev–Trinajstić information content (AvgIpc) is 3.04. The first-order chi connectivity index (χ1) is 9.11. The van der Waals surface area contributed by atoms with Crippen LogP contribution in [0.25, 0.3) is 0 Å². The number of rotatable bonds is 4. The van der Waals surface area contributed by atoms with Crippen LogP contribution >= 0.6 is 11.3 Å². The third-order valence-electron chi connectivity index (χ3n) is 4.21. The third kappa shape index (κ3) is 2.63. The van der Waals surface area contributed by atoms with Crippen LogP contribution in [0.15, 0.2) is 5.38 Å². The summed E-state index contributed by atoms with van der Waals surface area (Å²) in [6, 6.07) is 0. The molecule has 102 valence electrons. The Hall–Kier alpha value is -1.43. The van der Waals surface area contributed by atoms with Gasteiger partial charge < -0.3 is 11.1 Å². The van der Waals surface area contributed by atoms with E-state index < -0.39 is 5.91 Å². The summed E-state index contributed by atoms with van der Waals surface area (Å²) in [7, 11) is 0. The molecule has 0 aliphatic heterocycles. The molecule has 3 atom stereocenters. The number of hydrogen-bond acceptors (Lipinski definition) is 4. The van der Waals surface area contributed by atoms with Crippen LogP contribution < -0.4 is 11.1 Å². The number of fused-ring (bicyclic) bond motifs is 2. The molecule has 1 aromatic rings. The molecule has 19 heavy (non-hydrogen) atoms. The van der Waals surface area contributed by atoms with E-state index in [9.17, 15) is 9.59 Å². The van der Waals surface area contributed by atoms with Gasteiger partial charge in [0.1, 0.15) is 0 Å². The minimum atomic E-state index is -0.406. The van der Waals surface area contributed by atoms with Gasteiger partial charge in [0.2, 0.25) is 11.8 Å². The van der Waals surface area contributed by atoms with Crippen LogP contribution in [-0.4, -0.2) is 16.8 Å². The number of nitrogens with zero attached hydrogens (tertiary/aromatic N) is 1. The normalized spacial score (nSPS) is 28.5. The summed E-state index contributed by atoms with van der Waals surface area (Å²) < 4.78 is 0. The zero-order valence-corrected chi connectivity index (χ0v) is 11.4. The lowest BCUT2D eigenvalue weighted by atomic mass is 9.88. The molecule has 0 aromatic carbocycles. The Bertz CT molecular complexity index is 514. The number of carbonyl (C=O) groups is 2. The topological polar surface area (TPSA) is 85.1 Å². The molecule has 2 aliphatic carbocycles. The van der Waals surface area contributed by atoms with Crippen molar-refractivity contribution in [3.05, 3.63) is 11.1 Å². The SMILES string of the molecule is NC(=O)Cc1csc(NC(=O)C2CC3CCC2C3)n1. The summed E-state index contributed by atoms with van der Waals surface area (Å²) in [5.41, 5.74) is 5.74. The first-order valence-electron chi connectivity index (χ1n) is 6.65. The second-order valence-electron chi connectivity index (χ2n) is 5.56. The molecule has 0 saturated heterocycles. The maximum atomic E-state index is 12.2. The van der Waals surface area contributed by atoms with Crippen molar-refractivity contribution in [2.24, 2.45) is 23.5 Å². The first-order valence-corrected chi connectivity index (χ1v) is 7.53. The van der Waals surface area contributed by atoms with E-state index in [4.69, 9.17) is 5.73 Å². The van der Waals surface area contributed by atoms with Gasteiger partial charge in [-0.3, -0.25) is 9.59 Å². The molecule has 0 spiro atoms. The lowest BCUT2D eigenvalue weighted by Gasteiger charge is -2.19. The molecule has 2 saturated carbocycles. The van der Waals surface area contributed by atoms with Crippen LogP contribution in [0.4, 0.5) is 5.13 Å². The van der Waals surface area contributed by atoms with Crippen LogP contribution in [-0.2, 0) is 16.0 Å². The molecular weight excluding hydrogens is 262 g/mol. The number of hydrogen-bond donors (Lipinski definition) is 2.